The van der Waals surface area contributed by atoms with Gasteiger partial charge in [0.25, 0.3) is 0 Å². The standard InChI is InChI=1S/C30H36N8OS/c1-36-19-30(20-36)13-15-37(16-14-30)24-11-9-23(10-12-24)32-29-31-18-22-17-25(21-7-8-21)38(28(22)34-29)27-6-4-5-26(33-27)35-40(2,3)39/h4-6,9-12,17-18,21H,7-8,13-16,19-20H2,1-3H3,(H,31,32,34). The van der Waals surface area contributed by atoms with Crippen molar-refractivity contribution in [1.29, 1.82) is 0 Å². The molecule has 3 aromatic heterocycles. The summed E-state index contributed by atoms with van der Waals surface area (Å²) in [6.07, 6.45) is 9.97. The van der Waals surface area contributed by atoms with Crippen molar-refractivity contribution >= 4 is 43.9 Å². The molecule has 1 aliphatic carbocycles. The Morgan fingerprint density at radius 1 is 1.02 bits per heavy atom. The molecule has 208 valence electrons. The van der Waals surface area contributed by atoms with E-state index >= 15 is 0 Å². The fourth-order valence-corrected chi connectivity index (χ4v) is 6.89. The van der Waals surface area contributed by atoms with E-state index in [0.29, 0.717) is 23.1 Å². The summed E-state index contributed by atoms with van der Waals surface area (Å²) in [6, 6.07) is 16.4. The molecule has 1 spiro atoms. The van der Waals surface area contributed by atoms with Gasteiger partial charge in [-0.25, -0.2) is 14.2 Å². The van der Waals surface area contributed by atoms with E-state index in [-0.39, 0.29) is 0 Å². The number of rotatable bonds is 6. The largest absolute Gasteiger partial charge is 0.371 e. The van der Waals surface area contributed by atoms with E-state index in [2.05, 4.69) is 66.4 Å². The highest BCUT2D eigenvalue weighted by Gasteiger charge is 2.43. The molecule has 0 unspecified atom stereocenters. The summed E-state index contributed by atoms with van der Waals surface area (Å²) in [5.74, 6) is 2.22. The number of hydrogen-bond donors (Lipinski definition) is 1. The second-order valence-corrected chi connectivity index (χ2v) is 14.7. The molecule has 3 aliphatic rings. The van der Waals surface area contributed by atoms with Crippen LogP contribution in [0.2, 0.25) is 0 Å². The number of likely N-dealkylation sites (tertiary alicyclic amines) is 1. The maximum Gasteiger partial charge on any atom is 0.229 e. The van der Waals surface area contributed by atoms with Crippen LogP contribution in [-0.4, -0.2) is 74.4 Å². The van der Waals surface area contributed by atoms with Gasteiger partial charge in [-0.15, -0.1) is 0 Å². The summed E-state index contributed by atoms with van der Waals surface area (Å²) in [5.41, 5.74) is 4.77. The summed E-state index contributed by atoms with van der Waals surface area (Å²) in [6.45, 7) is 4.74. The quantitative estimate of drug-likeness (QED) is 0.343. The summed E-state index contributed by atoms with van der Waals surface area (Å²) < 4.78 is 18.7. The van der Waals surface area contributed by atoms with Crippen LogP contribution in [0.5, 0.6) is 0 Å². The van der Waals surface area contributed by atoms with Crippen LogP contribution in [-0.2, 0) is 9.73 Å². The Balaban J connectivity index is 1.14. The minimum absolute atomic E-state index is 0.465. The van der Waals surface area contributed by atoms with Crippen molar-refractivity contribution in [3.63, 3.8) is 0 Å². The van der Waals surface area contributed by atoms with Crippen LogP contribution in [0.4, 0.5) is 23.1 Å². The lowest BCUT2D eigenvalue weighted by Gasteiger charge is -2.53. The number of nitrogens with one attached hydrogen (secondary N) is 1. The second-order valence-electron chi connectivity index (χ2n) is 12.1. The Morgan fingerprint density at radius 3 is 2.45 bits per heavy atom. The molecule has 0 bridgehead atoms. The molecule has 1 saturated carbocycles. The number of pyridine rings is 1. The molecule has 40 heavy (non-hydrogen) atoms. The van der Waals surface area contributed by atoms with Gasteiger partial charge >= 0.3 is 0 Å². The van der Waals surface area contributed by atoms with Gasteiger partial charge in [0.15, 0.2) is 11.5 Å². The Hall–Kier alpha value is -3.50. The van der Waals surface area contributed by atoms with Crippen LogP contribution in [0.25, 0.3) is 16.9 Å². The fraction of sp³-hybridized carbons (Fsp3) is 0.433. The minimum atomic E-state index is -2.31. The Morgan fingerprint density at radius 2 is 1.77 bits per heavy atom. The molecule has 7 rings (SSSR count). The first-order chi connectivity index (χ1) is 19.2. The SMILES string of the molecule is CN1CC2(CCN(c3ccc(Nc4ncc5cc(C6CC6)n(-c6cccc(N=S(C)(C)=O)n6)c5n4)cc3)CC2)C1. The van der Waals surface area contributed by atoms with E-state index in [4.69, 9.17) is 9.97 Å². The molecular formula is C30H36N8OS. The third-order valence-corrected chi connectivity index (χ3v) is 8.98. The number of fused-ring (bicyclic) bond motifs is 1. The molecule has 0 amide bonds. The van der Waals surface area contributed by atoms with Crippen LogP contribution in [0.15, 0.2) is 59.1 Å². The van der Waals surface area contributed by atoms with Crippen molar-refractivity contribution in [3.8, 4) is 5.82 Å². The fourth-order valence-electron chi connectivity index (χ4n) is 6.34. The third kappa shape index (κ3) is 5.06. The summed E-state index contributed by atoms with van der Waals surface area (Å²) in [7, 11) is -0.0948. The third-order valence-electron chi connectivity index (χ3n) is 8.35. The van der Waals surface area contributed by atoms with Gasteiger partial charge in [-0.3, -0.25) is 4.57 Å². The monoisotopic (exact) mass is 556 g/mol. The first kappa shape index (κ1) is 25.5. The Kier molecular flexibility index (Phi) is 6.08. The zero-order valence-corrected chi connectivity index (χ0v) is 24.2. The van der Waals surface area contributed by atoms with Crippen LogP contribution in [0.1, 0.15) is 37.3 Å². The van der Waals surface area contributed by atoms with E-state index in [9.17, 15) is 4.21 Å². The normalized spacial score (nSPS) is 19.1. The number of benzene rings is 1. The first-order valence-corrected chi connectivity index (χ1v) is 16.4. The number of anilines is 3. The average molecular weight is 557 g/mol. The molecule has 2 saturated heterocycles. The number of hydrogen-bond acceptors (Lipinski definition) is 8. The highest BCUT2D eigenvalue weighted by Crippen LogP contribution is 2.43. The molecular weight excluding hydrogens is 520 g/mol. The molecule has 3 fully saturated rings. The van der Waals surface area contributed by atoms with Gasteiger partial charge in [-0.1, -0.05) is 6.07 Å². The van der Waals surface area contributed by atoms with Crippen molar-refractivity contribution < 1.29 is 4.21 Å². The highest BCUT2D eigenvalue weighted by molar-refractivity contribution is 7.92. The van der Waals surface area contributed by atoms with Crippen molar-refractivity contribution in [3.05, 3.63) is 60.4 Å². The van der Waals surface area contributed by atoms with E-state index in [1.807, 2.05) is 18.3 Å². The van der Waals surface area contributed by atoms with Gasteiger partial charge in [0.1, 0.15) is 5.82 Å². The van der Waals surface area contributed by atoms with E-state index in [1.165, 1.54) is 37.3 Å². The van der Waals surface area contributed by atoms with Gasteiger partial charge in [0, 0.05) is 77.1 Å². The van der Waals surface area contributed by atoms with Crippen LogP contribution in [0.3, 0.4) is 0 Å². The van der Waals surface area contributed by atoms with Crippen LogP contribution < -0.4 is 10.2 Å². The average Bonchev–Trinajstić information content (AvgIpc) is 3.68. The first-order valence-electron chi connectivity index (χ1n) is 14.1. The predicted molar refractivity (Wildman–Crippen MR) is 162 cm³/mol. The maximum atomic E-state index is 12.3. The van der Waals surface area contributed by atoms with Crippen molar-refractivity contribution in [2.24, 2.45) is 9.78 Å². The van der Waals surface area contributed by atoms with Crippen molar-refractivity contribution in [2.75, 3.05) is 56.0 Å². The summed E-state index contributed by atoms with van der Waals surface area (Å²) in [4.78, 5) is 19.2. The lowest BCUT2D eigenvalue weighted by Crippen LogP contribution is -2.58. The minimum Gasteiger partial charge on any atom is -0.371 e. The van der Waals surface area contributed by atoms with Crippen molar-refractivity contribution in [1.82, 2.24) is 24.4 Å². The van der Waals surface area contributed by atoms with Gasteiger partial charge < -0.3 is 15.1 Å². The molecule has 1 N–H and O–H groups in total. The Bertz CT molecular complexity index is 1680. The van der Waals surface area contributed by atoms with Gasteiger partial charge in [0.2, 0.25) is 5.95 Å². The number of piperidine rings is 1. The van der Waals surface area contributed by atoms with Gasteiger partial charge in [-0.2, -0.15) is 9.35 Å². The molecule has 2 aliphatic heterocycles. The van der Waals surface area contributed by atoms with Crippen LogP contribution in [0, 0.1) is 5.41 Å². The zero-order chi connectivity index (χ0) is 27.5. The smallest absolute Gasteiger partial charge is 0.229 e. The van der Waals surface area contributed by atoms with Crippen LogP contribution >= 0.6 is 0 Å². The number of aromatic nitrogens is 4. The lowest BCUT2D eigenvalue weighted by molar-refractivity contribution is 0.00132. The molecule has 0 atom stereocenters. The molecule has 0 radical (unpaired) electrons. The Labute approximate surface area is 235 Å². The molecule has 1 aromatic carbocycles. The van der Waals surface area contributed by atoms with E-state index in [0.717, 1.165) is 48.5 Å². The molecule has 9 nitrogen and oxygen atoms in total. The highest BCUT2D eigenvalue weighted by atomic mass is 32.2. The lowest BCUT2D eigenvalue weighted by atomic mass is 9.72. The maximum absolute atomic E-state index is 12.3. The predicted octanol–water partition coefficient (Wildman–Crippen LogP) is 5.33. The molecule has 5 heterocycles. The zero-order valence-electron chi connectivity index (χ0n) is 23.4. The van der Waals surface area contributed by atoms with Crippen molar-refractivity contribution in [2.45, 2.75) is 31.6 Å². The summed E-state index contributed by atoms with van der Waals surface area (Å²) >= 11 is 0. The van der Waals surface area contributed by atoms with E-state index < -0.39 is 9.73 Å². The van der Waals surface area contributed by atoms with E-state index in [1.54, 1.807) is 18.6 Å². The van der Waals surface area contributed by atoms with Gasteiger partial charge in [0.05, 0.1) is 0 Å². The van der Waals surface area contributed by atoms with Gasteiger partial charge in [-0.05, 0) is 86.5 Å². The summed E-state index contributed by atoms with van der Waals surface area (Å²) in [5, 5.41) is 4.38. The second kappa shape index (κ2) is 9.55. The molecule has 10 heteroatoms. The topological polar surface area (TPSA) is 91.5 Å². The molecule has 4 aromatic rings. The number of nitrogens with zero attached hydrogens (tertiary/aromatic N) is 7.